The van der Waals surface area contributed by atoms with E-state index in [1.54, 1.807) is 0 Å². The van der Waals surface area contributed by atoms with Gasteiger partial charge in [-0.15, -0.1) is 12.4 Å². The maximum absolute atomic E-state index is 12.7. The second-order valence-corrected chi connectivity index (χ2v) is 7.14. The lowest BCUT2D eigenvalue weighted by Gasteiger charge is -2.43. The van der Waals surface area contributed by atoms with Crippen molar-refractivity contribution in [2.45, 2.75) is 44.6 Å². The molecule has 0 radical (unpaired) electrons. The van der Waals surface area contributed by atoms with Gasteiger partial charge in [-0.05, 0) is 55.2 Å². The molecule has 2 saturated carbocycles. The largest absolute Gasteiger partial charge is 0.469 e. The standard InChI is InChI=1S/C19H26N2O3.ClH/c1-24-17(22)9-12-4-2-7-16(8-12)21-19(23)15-10-13-5-3-6-14(11-15)18(13)20;/h2,4,7-8,13-15,18H,3,5-6,9-11,20H2,1H3,(H,21,23);1H. The fourth-order valence-electron chi connectivity index (χ4n) is 4.25. The summed E-state index contributed by atoms with van der Waals surface area (Å²) >= 11 is 0. The molecule has 2 bridgehead atoms. The molecule has 3 N–H and O–H groups in total. The number of benzene rings is 1. The molecule has 3 rings (SSSR count). The third-order valence-electron chi connectivity index (χ3n) is 5.55. The fraction of sp³-hybridized carbons (Fsp3) is 0.579. The normalized spacial score (nSPS) is 27.8. The molecular formula is C19H27ClN2O3. The number of methoxy groups -OCH3 is 1. The van der Waals surface area contributed by atoms with Crippen LogP contribution >= 0.6 is 12.4 Å². The Morgan fingerprint density at radius 3 is 2.56 bits per heavy atom. The Labute approximate surface area is 155 Å². The van der Waals surface area contributed by atoms with E-state index in [-0.39, 0.29) is 42.7 Å². The van der Waals surface area contributed by atoms with E-state index in [1.165, 1.54) is 13.5 Å². The Balaban J connectivity index is 0.00000225. The van der Waals surface area contributed by atoms with Crippen molar-refractivity contribution in [3.8, 4) is 0 Å². The molecule has 0 aliphatic heterocycles. The lowest BCUT2D eigenvalue weighted by atomic mass is 9.65. The van der Waals surface area contributed by atoms with Crippen molar-refractivity contribution in [2.24, 2.45) is 23.5 Å². The third kappa shape index (κ3) is 4.73. The van der Waals surface area contributed by atoms with Gasteiger partial charge < -0.3 is 15.8 Å². The lowest BCUT2D eigenvalue weighted by Crippen LogP contribution is -2.48. The van der Waals surface area contributed by atoms with Gasteiger partial charge in [0.2, 0.25) is 5.91 Å². The summed E-state index contributed by atoms with van der Waals surface area (Å²) in [5.41, 5.74) is 7.88. The molecule has 1 aromatic rings. The number of halogens is 1. The highest BCUT2D eigenvalue weighted by Crippen LogP contribution is 2.42. The van der Waals surface area contributed by atoms with E-state index >= 15 is 0 Å². The number of hydrogen-bond acceptors (Lipinski definition) is 4. The van der Waals surface area contributed by atoms with Gasteiger partial charge in [0.25, 0.3) is 0 Å². The van der Waals surface area contributed by atoms with Crippen LogP contribution < -0.4 is 11.1 Å². The number of amides is 1. The first-order chi connectivity index (χ1) is 11.6. The Bertz CT molecular complexity index is 608. The zero-order valence-corrected chi connectivity index (χ0v) is 15.4. The smallest absolute Gasteiger partial charge is 0.309 e. The minimum Gasteiger partial charge on any atom is -0.469 e. The van der Waals surface area contributed by atoms with Gasteiger partial charge in [-0.25, -0.2) is 0 Å². The minimum absolute atomic E-state index is 0. The molecule has 2 atom stereocenters. The molecule has 138 valence electrons. The number of carbonyl (C=O) groups is 2. The van der Waals surface area contributed by atoms with Gasteiger partial charge in [0.1, 0.15) is 0 Å². The maximum Gasteiger partial charge on any atom is 0.309 e. The van der Waals surface area contributed by atoms with Gasteiger partial charge in [0.15, 0.2) is 0 Å². The molecule has 2 fully saturated rings. The van der Waals surface area contributed by atoms with Crippen LogP contribution in [-0.2, 0) is 20.7 Å². The molecule has 0 spiro atoms. The van der Waals surface area contributed by atoms with Crippen molar-refractivity contribution in [3.63, 3.8) is 0 Å². The number of esters is 1. The van der Waals surface area contributed by atoms with Gasteiger partial charge in [-0.1, -0.05) is 18.6 Å². The van der Waals surface area contributed by atoms with Crippen LogP contribution in [0.3, 0.4) is 0 Å². The Morgan fingerprint density at radius 1 is 1.24 bits per heavy atom. The molecule has 0 saturated heterocycles. The van der Waals surface area contributed by atoms with Gasteiger partial charge in [-0.3, -0.25) is 9.59 Å². The second-order valence-electron chi connectivity index (χ2n) is 7.14. The van der Waals surface area contributed by atoms with E-state index in [2.05, 4.69) is 10.1 Å². The highest BCUT2D eigenvalue weighted by atomic mass is 35.5. The molecule has 1 amide bonds. The van der Waals surface area contributed by atoms with Gasteiger partial charge in [0, 0.05) is 17.6 Å². The molecule has 0 aromatic heterocycles. The second kappa shape index (κ2) is 8.68. The predicted molar refractivity (Wildman–Crippen MR) is 99.6 cm³/mol. The number of rotatable bonds is 4. The fourth-order valence-corrected chi connectivity index (χ4v) is 4.25. The first-order valence-corrected chi connectivity index (χ1v) is 8.79. The monoisotopic (exact) mass is 366 g/mol. The van der Waals surface area contributed by atoms with Crippen molar-refractivity contribution in [3.05, 3.63) is 29.8 Å². The van der Waals surface area contributed by atoms with Crippen molar-refractivity contribution in [2.75, 3.05) is 12.4 Å². The highest BCUT2D eigenvalue weighted by molar-refractivity contribution is 5.92. The molecule has 25 heavy (non-hydrogen) atoms. The van der Waals surface area contributed by atoms with E-state index in [0.29, 0.717) is 11.8 Å². The van der Waals surface area contributed by atoms with Gasteiger partial charge >= 0.3 is 5.97 Å². The van der Waals surface area contributed by atoms with Crippen molar-refractivity contribution < 1.29 is 14.3 Å². The van der Waals surface area contributed by atoms with E-state index in [4.69, 9.17) is 5.73 Å². The summed E-state index contributed by atoms with van der Waals surface area (Å²) in [6.45, 7) is 0. The Hall–Kier alpha value is -1.59. The summed E-state index contributed by atoms with van der Waals surface area (Å²) in [5, 5.41) is 3.02. The van der Waals surface area contributed by atoms with Crippen LogP contribution in [-0.4, -0.2) is 25.0 Å². The first kappa shape index (κ1) is 19.7. The maximum atomic E-state index is 12.7. The SMILES string of the molecule is COC(=O)Cc1cccc(NC(=O)C2CC3CCCC(C2)C3N)c1.Cl. The summed E-state index contributed by atoms with van der Waals surface area (Å²) < 4.78 is 4.68. The molecular weight excluding hydrogens is 340 g/mol. The van der Waals surface area contributed by atoms with E-state index in [0.717, 1.165) is 36.9 Å². The summed E-state index contributed by atoms with van der Waals surface area (Å²) in [7, 11) is 1.37. The van der Waals surface area contributed by atoms with Crippen LogP contribution in [0.15, 0.2) is 24.3 Å². The minimum atomic E-state index is -0.285. The lowest BCUT2D eigenvalue weighted by molar-refractivity contribution is -0.139. The zero-order valence-electron chi connectivity index (χ0n) is 14.6. The summed E-state index contributed by atoms with van der Waals surface area (Å²) in [5.74, 6) is 0.809. The number of nitrogens with one attached hydrogen (secondary N) is 1. The summed E-state index contributed by atoms with van der Waals surface area (Å²) in [6, 6.07) is 7.67. The van der Waals surface area contributed by atoms with Crippen LogP contribution in [0, 0.1) is 17.8 Å². The number of nitrogens with two attached hydrogens (primary N) is 1. The topological polar surface area (TPSA) is 81.4 Å². The molecule has 2 aliphatic rings. The zero-order chi connectivity index (χ0) is 17.1. The third-order valence-corrected chi connectivity index (χ3v) is 5.55. The molecule has 0 heterocycles. The van der Waals surface area contributed by atoms with Crippen LogP contribution in [0.2, 0.25) is 0 Å². The number of anilines is 1. The van der Waals surface area contributed by atoms with E-state index < -0.39 is 0 Å². The average Bonchev–Trinajstić information content (AvgIpc) is 2.54. The molecule has 5 nitrogen and oxygen atoms in total. The molecule has 2 aliphatic carbocycles. The van der Waals surface area contributed by atoms with E-state index in [9.17, 15) is 9.59 Å². The number of hydrogen-bond donors (Lipinski definition) is 2. The van der Waals surface area contributed by atoms with Crippen LogP contribution in [0.25, 0.3) is 0 Å². The molecule has 6 heteroatoms. The van der Waals surface area contributed by atoms with Crippen molar-refractivity contribution in [1.29, 1.82) is 0 Å². The van der Waals surface area contributed by atoms with Crippen LogP contribution in [0.4, 0.5) is 5.69 Å². The van der Waals surface area contributed by atoms with Crippen LogP contribution in [0.5, 0.6) is 0 Å². The Morgan fingerprint density at radius 2 is 1.92 bits per heavy atom. The summed E-state index contributed by atoms with van der Waals surface area (Å²) in [4.78, 5) is 24.0. The number of carbonyl (C=O) groups excluding carboxylic acids is 2. The van der Waals surface area contributed by atoms with E-state index in [1.807, 2.05) is 24.3 Å². The quantitative estimate of drug-likeness (QED) is 0.803. The average molecular weight is 367 g/mol. The highest BCUT2D eigenvalue weighted by Gasteiger charge is 2.40. The summed E-state index contributed by atoms with van der Waals surface area (Å²) in [6.07, 6.45) is 5.54. The number of ether oxygens (including phenoxy) is 1. The van der Waals surface area contributed by atoms with Crippen LogP contribution in [0.1, 0.15) is 37.7 Å². The molecule has 1 aromatic carbocycles. The van der Waals surface area contributed by atoms with Crippen molar-refractivity contribution >= 4 is 30.0 Å². The predicted octanol–water partition coefficient (Wildman–Crippen LogP) is 2.92. The van der Waals surface area contributed by atoms with Gasteiger partial charge in [0.05, 0.1) is 13.5 Å². The van der Waals surface area contributed by atoms with Gasteiger partial charge in [-0.2, -0.15) is 0 Å². The molecule has 2 unspecified atom stereocenters. The van der Waals surface area contributed by atoms with Crippen molar-refractivity contribution in [1.82, 2.24) is 0 Å². The Kier molecular flexibility index (Phi) is 6.85. The number of fused-ring (bicyclic) bond motifs is 2. The first-order valence-electron chi connectivity index (χ1n) is 8.79.